The molecule has 4 heteroatoms. The third kappa shape index (κ3) is 4.28. The van der Waals surface area contributed by atoms with Crippen LogP contribution < -0.4 is 0 Å². The molecule has 5 aliphatic rings. The molecule has 0 aromatic carbocycles. The second-order valence-corrected chi connectivity index (χ2v) is 13.6. The van der Waals surface area contributed by atoms with E-state index < -0.39 is 5.60 Å². The summed E-state index contributed by atoms with van der Waals surface area (Å²) in [5.74, 6) is 3.60. The fourth-order valence-corrected chi connectivity index (χ4v) is 9.18. The van der Waals surface area contributed by atoms with E-state index in [1.807, 2.05) is 0 Å². The Labute approximate surface area is 207 Å². The molecule has 0 saturated heterocycles. The minimum atomic E-state index is -0.723. The van der Waals surface area contributed by atoms with Crippen LogP contribution in [-0.4, -0.2) is 40.4 Å². The SMILES string of the molecule is CCCCCCN(C[C@@]1(O)CC[C@@]2(C)[C@@H](CC[C@@H]3[C@@H]2CC[C@]2(C)C(=O)CC[C@@H]32)C1)C(=O)C1CC1. The van der Waals surface area contributed by atoms with E-state index in [0.29, 0.717) is 41.9 Å². The Morgan fingerprint density at radius 2 is 1.76 bits per heavy atom. The van der Waals surface area contributed by atoms with E-state index in [9.17, 15) is 14.7 Å². The zero-order chi connectivity index (χ0) is 24.1. The molecule has 0 bridgehead atoms. The quantitative estimate of drug-likeness (QED) is 0.432. The molecule has 4 nitrogen and oxygen atoms in total. The lowest BCUT2D eigenvalue weighted by Crippen LogP contribution is -2.58. The highest BCUT2D eigenvalue weighted by molar-refractivity contribution is 5.87. The number of hydrogen-bond donors (Lipinski definition) is 1. The number of unbranched alkanes of at least 4 members (excludes halogenated alkanes) is 3. The van der Waals surface area contributed by atoms with E-state index in [1.165, 1.54) is 38.5 Å². The van der Waals surface area contributed by atoms with Gasteiger partial charge in [0.2, 0.25) is 5.91 Å². The summed E-state index contributed by atoms with van der Waals surface area (Å²) >= 11 is 0. The van der Waals surface area contributed by atoms with Crippen molar-refractivity contribution in [3.8, 4) is 0 Å². The van der Waals surface area contributed by atoms with Gasteiger partial charge in [0.25, 0.3) is 0 Å². The standard InChI is InChI=1S/C30H49NO3/c1-4-5-6-7-18-31(27(33)21-8-9-21)20-30(34)17-16-28(2)22(19-30)10-11-23-24-12-13-26(32)29(24,3)15-14-25(23)28/h21-25,34H,4-20H2,1-3H3/t22-,23-,24-,25-,28-,29-,30+/m0/s1. The molecule has 7 atom stereocenters. The molecule has 0 unspecified atom stereocenters. The second-order valence-electron chi connectivity index (χ2n) is 13.6. The number of aliphatic hydroxyl groups is 1. The van der Waals surface area contributed by atoms with Crippen molar-refractivity contribution >= 4 is 11.7 Å². The van der Waals surface area contributed by atoms with E-state index in [0.717, 1.165) is 64.3 Å². The molecular weight excluding hydrogens is 422 g/mol. The summed E-state index contributed by atoms with van der Waals surface area (Å²) < 4.78 is 0. The van der Waals surface area contributed by atoms with E-state index in [2.05, 4.69) is 25.7 Å². The molecule has 5 rings (SSSR count). The van der Waals surface area contributed by atoms with E-state index in [4.69, 9.17) is 0 Å². The summed E-state index contributed by atoms with van der Waals surface area (Å²) in [7, 11) is 0. The van der Waals surface area contributed by atoms with Crippen molar-refractivity contribution in [1.29, 1.82) is 0 Å². The van der Waals surface area contributed by atoms with Crippen molar-refractivity contribution in [3.05, 3.63) is 0 Å². The zero-order valence-corrected chi connectivity index (χ0v) is 22.1. The van der Waals surface area contributed by atoms with Crippen molar-refractivity contribution in [2.24, 2.45) is 40.4 Å². The molecule has 0 radical (unpaired) electrons. The van der Waals surface area contributed by atoms with E-state index in [-0.39, 0.29) is 16.7 Å². The zero-order valence-electron chi connectivity index (χ0n) is 22.1. The normalized spacial score (nSPS) is 43.7. The number of Topliss-reactive ketones (excluding diaryl/α,β-unsaturated/α-hetero) is 1. The summed E-state index contributed by atoms with van der Waals surface area (Å²) in [6, 6.07) is 0. The highest BCUT2D eigenvalue weighted by Crippen LogP contribution is 2.66. The van der Waals surface area contributed by atoms with Gasteiger partial charge in [-0.25, -0.2) is 0 Å². The van der Waals surface area contributed by atoms with Crippen molar-refractivity contribution in [3.63, 3.8) is 0 Å². The molecule has 34 heavy (non-hydrogen) atoms. The van der Waals surface area contributed by atoms with Crippen LogP contribution in [-0.2, 0) is 9.59 Å². The van der Waals surface area contributed by atoms with Gasteiger partial charge in [0.05, 0.1) is 5.60 Å². The van der Waals surface area contributed by atoms with Crippen molar-refractivity contribution in [2.75, 3.05) is 13.1 Å². The Morgan fingerprint density at radius 3 is 2.50 bits per heavy atom. The van der Waals surface area contributed by atoms with Gasteiger partial charge in [-0.05, 0) is 99.7 Å². The van der Waals surface area contributed by atoms with E-state index in [1.54, 1.807) is 0 Å². The summed E-state index contributed by atoms with van der Waals surface area (Å²) in [5.41, 5.74) is -0.491. The number of fused-ring (bicyclic) bond motifs is 5. The topological polar surface area (TPSA) is 57.6 Å². The maximum absolute atomic E-state index is 13.1. The minimum Gasteiger partial charge on any atom is -0.388 e. The summed E-state index contributed by atoms with van der Waals surface area (Å²) in [6.07, 6.45) is 16.1. The molecule has 0 spiro atoms. The van der Waals surface area contributed by atoms with Crippen LogP contribution >= 0.6 is 0 Å². The molecule has 1 N–H and O–H groups in total. The predicted octanol–water partition coefficient (Wildman–Crippen LogP) is 6.15. The summed E-state index contributed by atoms with van der Waals surface area (Å²) in [6.45, 7) is 8.37. The predicted molar refractivity (Wildman–Crippen MR) is 135 cm³/mol. The van der Waals surface area contributed by atoms with E-state index >= 15 is 0 Å². The maximum Gasteiger partial charge on any atom is 0.225 e. The van der Waals surface area contributed by atoms with Gasteiger partial charge in [0.15, 0.2) is 0 Å². The van der Waals surface area contributed by atoms with Gasteiger partial charge < -0.3 is 10.0 Å². The average Bonchev–Trinajstić information content (AvgIpc) is 3.61. The highest BCUT2D eigenvalue weighted by atomic mass is 16.3. The lowest BCUT2D eigenvalue weighted by atomic mass is 9.44. The van der Waals surface area contributed by atoms with Gasteiger partial charge >= 0.3 is 0 Å². The summed E-state index contributed by atoms with van der Waals surface area (Å²) in [4.78, 5) is 27.8. The second kappa shape index (κ2) is 9.20. The maximum atomic E-state index is 13.1. The van der Waals surface area contributed by atoms with Crippen LogP contribution in [0, 0.1) is 40.4 Å². The lowest BCUT2D eigenvalue weighted by molar-refractivity contribution is -0.161. The number of amides is 1. The molecular formula is C30H49NO3. The first-order valence-corrected chi connectivity index (χ1v) is 14.7. The summed E-state index contributed by atoms with van der Waals surface area (Å²) in [5, 5.41) is 11.8. The van der Waals surface area contributed by atoms with Gasteiger partial charge in [0, 0.05) is 30.8 Å². The van der Waals surface area contributed by atoms with Gasteiger partial charge in [-0.15, -0.1) is 0 Å². The average molecular weight is 472 g/mol. The van der Waals surface area contributed by atoms with Crippen LogP contribution in [0.3, 0.4) is 0 Å². The smallest absolute Gasteiger partial charge is 0.225 e. The third-order valence-corrected chi connectivity index (χ3v) is 11.5. The van der Waals surface area contributed by atoms with Crippen molar-refractivity contribution < 1.29 is 14.7 Å². The molecule has 5 saturated carbocycles. The molecule has 1 amide bonds. The van der Waals surface area contributed by atoms with Crippen LogP contribution in [0.2, 0.25) is 0 Å². The monoisotopic (exact) mass is 471 g/mol. The number of nitrogens with zero attached hydrogens (tertiary/aromatic N) is 1. The van der Waals surface area contributed by atoms with Gasteiger partial charge in [-0.3, -0.25) is 9.59 Å². The lowest BCUT2D eigenvalue weighted by Gasteiger charge is -2.61. The Morgan fingerprint density at radius 1 is 0.971 bits per heavy atom. The van der Waals surface area contributed by atoms with Crippen LogP contribution in [0.1, 0.15) is 117 Å². The van der Waals surface area contributed by atoms with Crippen molar-refractivity contribution in [2.45, 2.75) is 123 Å². The Balaban J connectivity index is 1.26. The van der Waals surface area contributed by atoms with Gasteiger partial charge in [0.1, 0.15) is 5.78 Å². The number of hydrogen-bond acceptors (Lipinski definition) is 3. The minimum absolute atomic E-state index is 0.0543. The van der Waals surface area contributed by atoms with Crippen LogP contribution in [0.25, 0.3) is 0 Å². The number of ketones is 1. The van der Waals surface area contributed by atoms with Crippen LogP contribution in [0.5, 0.6) is 0 Å². The van der Waals surface area contributed by atoms with Gasteiger partial charge in [-0.1, -0.05) is 40.0 Å². The molecule has 5 fully saturated rings. The Kier molecular flexibility index (Phi) is 6.70. The molecule has 0 aromatic rings. The van der Waals surface area contributed by atoms with Crippen molar-refractivity contribution in [1.82, 2.24) is 4.90 Å². The Hall–Kier alpha value is -0.900. The van der Waals surface area contributed by atoms with Gasteiger partial charge in [-0.2, -0.15) is 0 Å². The highest BCUT2D eigenvalue weighted by Gasteiger charge is 2.61. The molecule has 5 aliphatic carbocycles. The number of rotatable bonds is 8. The number of carbonyl (C=O) groups excluding carboxylic acids is 2. The fraction of sp³-hybridized carbons (Fsp3) is 0.933. The first-order valence-electron chi connectivity index (χ1n) is 14.7. The van der Waals surface area contributed by atoms with Crippen LogP contribution in [0.15, 0.2) is 0 Å². The first kappa shape index (κ1) is 24.8. The molecule has 0 aromatic heterocycles. The molecule has 192 valence electrons. The Bertz CT molecular complexity index is 792. The van der Waals surface area contributed by atoms with Crippen LogP contribution in [0.4, 0.5) is 0 Å². The molecule has 0 heterocycles. The largest absolute Gasteiger partial charge is 0.388 e. The molecule has 0 aliphatic heterocycles. The fourth-order valence-electron chi connectivity index (χ4n) is 9.18. The number of carbonyl (C=O) groups is 2. The first-order chi connectivity index (χ1) is 16.2. The third-order valence-electron chi connectivity index (χ3n) is 11.5.